The lowest BCUT2D eigenvalue weighted by atomic mass is 10.1. The molecule has 0 unspecified atom stereocenters. The number of methoxy groups -OCH3 is 1. The minimum atomic E-state index is -0.140. The van der Waals surface area contributed by atoms with Crippen LogP contribution in [-0.2, 0) is 4.79 Å². The summed E-state index contributed by atoms with van der Waals surface area (Å²) in [6, 6.07) is 14.9. The summed E-state index contributed by atoms with van der Waals surface area (Å²) in [7, 11) is 1.62. The van der Waals surface area contributed by atoms with E-state index in [0.717, 1.165) is 16.9 Å². The molecular formula is C18H18ClNO2. The zero-order chi connectivity index (χ0) is 15.9. The third-order valence-electron chi connectivity index (χ3n) is 3.27. The van der Waals surface area contributed by atoms with Gasteiger partial charge in [-0.05, 0) is 48.4 Å². The van der Waals surface area contributed by atoms with Gasteiger partial charge in [0, 0.05) is 11.1 Å². The van der Waals surface area contributed by atoms with Crippen molar-refractivity contribution in [3.63, 3.8) is 0 Å². The Balaban J connectivity index is 1.93. The molecule has 1 N–H and O–H groups in total. The molecule has 1 atom stereocenters. The van der Waals surface area contributed by atoms with Crippen LogP contribution < -0.4 is 10.1 Å². The van der Waals surface area contributed by atoms with Crippen molar-refractivity contribution in [3.05, 3.63) is 70.8 Å². The molecule has 0 aliphatic rings. The van der Waals surface area contributed by atoms with Gasteiger partial charge >= 0.3 is 0 Å². The van der Waals surface area contributed by atoms with Crippen LogP contribution in [0.15, 0.2) is 54.6 Å². The Hall–Kier alpha value is -2.26. The number of halogens is 1. The molecule has 22 heavy (non-hydrogen) atoms. The normalized spacial score (nSPS) is 12.1. The Morgan fingerprint density at radius 2 is 1.77 bits per heavy atom. The maximum absolute atomic E-state index is 11.9. The minimum absolute atomic E-state index is 0.0784. The number of nitrogens with one attached hydrogen (secondary N) is 1. The summed E-state index contributed by atoms with van der Waals surface area (Å²) in [6.07, 6.45) is 3.29. The lowest BCUT2D eigenvalue weighted by Gasteiger charge is -2.12. The fourth-order valence-corrected chi connectivity index (χ4v) is 2.11. The van der Waals surface area contributed by atoms with E-state index < -0.39 is 0 Å². The third-order valence-corrected chi connectivity index (χ3v) is 3.52. The van der Waals surface area contributed by atoms with Crippen LogP contribution in [0.3, 0.4) is 0 Å². The van der Waals surface area contributed by atoms with Crippen LogP contribution in [0.25, 0.3) is 6.08 Å². The lowest BCUT2D eigenvalue weighted by Crippen LogP contribution is -2.24. The topological polar surface area (TPSA) is 38.3 Å². The highest BCUT2D eigenvalue weighted by atomic mass is 35.5. The SMILES string of the molecule is COc1ccc(/C=C/C(=O)N[C@@H](C)c2ccc(Cl)cc2)cc1. The van der Waals surface area contributed by atoms with E-state index in [0.29, 0.717) is 5.02 Å². The van der Waals surface area contributed by atoms with Gasteiger partial charge in [0.05, 0.1) is 13.2 Å². The maximum atomic E-state index is 11.9. The molecule has 0 aliphatic carbocycles. The molecule has 0 saturated carbocycles. The molecule has 2 aromatic rings. The summed E-state index contributed by atoms with van der Waals surface area (Å²) < 4.78 is 5.09. The van der Waals surface area contributed by atoms with Gasteiger partial charge in [0.25, 0.3) is 0 Å². The third kappa shape index (κ3) is 4.64. The summed E-state index contributed by atoms with van der Waals surface area (Å²) in [5.41, 5.74) is 1.95. The first-order chi connectivity index (χ1) is 10.6. The largest absolute Gasteiger partial charge is 0.497 e. The molecule has 4 heteroatoms. The number of benzene rings is 2. The molecule has 0 spiro atoms. The Bertz CT molecular complexity index is 648. The van der Waals surface area contributed by atoms with Crippen LogP contribution in [0.4, 0.5) is 0 Å². The first kappa shape index (κ1) is 16.1. The van der Waals surface area contributed by atoms with Gasteiger partial charge in [-0.15, -0.1) is 0 Å². The molecule has 2 rings (SSSR count). The number of carbonyl (C=O) groups excluding carboxylic acids is 1. The Labute approximate surface area is 135 Å². The highest BCUT2D eigenvalue weighted by Gasteiger charge is 2.07. The Morgan fingerprint density at radius 1 is 1.14 bits per heavy atom. The van der Waals surface area contributed by atoms with E-state index in [9.17, 15) is 4.79 Å². The van der Waals surface area contributed by atoms with Gasteiger partial charge in [-0.3, -0.25) is 4.79 Å². The second kappa shape index (κ2) is 7.66. The maximum Gasteiger partial charge on any atom is 0.244 e. The van der Waals surface area contributed by atoms with Crippen LogP contribution in [0.5, 0.6) is 5.75 Å². The predicted octanol–water partition coefficient (Wildman–Crippen LogP) is 4.24. The molecule has 0 saturated heterocycles. The molecule has 0 aliphatic heterocycles. The molecule has 3 nitrogen and oxygen atoms in total. The summed E-state index contributed by atoms with van der Waals surface area (Å²) in [4.78, 5) is 11.9. The fourth-order valence-electron chi connectivity index (χ4n) is 1.98. The van der Waals surface area contributed by atoms with Crippen LogP contribution in [0.2, 0.25) is 5.02 Å². The molecule has 0 radical (unpaired) electrons. The van der Waals surface area contributed by atoms with Gasteiger partial charge in [-0.25, -0.2) is 0 Å². The first-order valence-electron chi connectivity index (χ1n) is 6.96. The van der Waals surface area contributed by atoms with E-state index in [4.69, 9.17) is 16.3 Å². The Morgan fingerprint density at radius 3 is 2.36 bits per heavy atom. The number of carbonyl (C=O) groups is 1. The van der Waals surface area contributed by atoms with Crippen molar-refractivity contribution in [2.75, 3.05) is 7.11 Å². The van der Waals surface area contributed by atoms with Gasteiger partial charge in [0.1, 0.15) is 5.75 Å². The van der Waals surface area contributed by atoms with Gasteiger partial charge in [0.2, 0.25) is 5.91 Å². The number of ether oxygens (including phenoxy) is 1. The van der Waals surface area contributed by atoms with E-state index in [1.54, 1.807) is 13.2 Å². The molecular weight excluding hydrogens is 298 g/mol. The Kier molecular flexibility index (Phi) is 5.61. The van der Waals surface area contributed by atoms with Crippen molar-refractivity contribution < 1.29 is 9.53 Å². The number of hydrogen-bond acceptors (Lipinski definition) is 2. The van der Waals surface area contributed by atoms with E-state index in [2.05, 4.69) is 5.32 Å². The summed E-state index contributed by atoms with van der Waals surface area (Å²) >= 11 is 5.85. The number of hydrogen-bond donors (Lipinski definition) is 1. The average molecular weight is 316 g/mol. The number of rotatable bonds is 5. The zero-order valence-corrected chi connectivity index (χ0v) is 13.3. The quantitative estimate of drug-likeness (QED) is 0.838. The van der Waals surface area contributed by atoms with Gasteiger partial charge in [-0.2, -0.15) is 0 Å². The van der Waals surface area contributed by atoms with E-state index >= 15 is 0 Å². The zero-order valence-electron chi connectivity index (χ0n) is 12.5. The molecule has 1 amide bonds. The minimum Gasteiger partial charge on any atom is -0.497 e. The predicted molar refractivity (Wildman–Crippen MR) is 90.0 cm³/mol. The van der Waals surface area contributed by atoms with Crippen molar-refractivity contribution in [2.45, 2.75) is 13.0 Å². The van der Waals surface area contributed by atoms with Crippen molar-refractivity contribution in [1.82, 2.24) is 5.32 Å². The monoisotopic (exact) mass is 315 g/mol. The summed E-state index contributed by atoms with van der Waals surface area (Å²) in [5.74, 6) is 0.649. The van der Waals surface area contributed by atoms with Crippen molar-refractivity contribution in [1.29, 1.82) is 0 Å². The standard InChI is InChI=1S/C18H18ClNO2/c1-13(15-6-8-16(19)9-7-15)20-18(21)12-5-14-3-10-17(22-2)11-4-14/h3-13H,1-2H3,(H,20,21)/b12-5+/t13-/m0/s1. The molecule has 2 aromatic carbocycles. The van der Waals surface area contributed by atoms with Gasteiger partial charge < -0.3 is 10.1 Å². The summed E-state index contributed by atoms with van der Waals surface area (Å²) in [6.45, 7) is 1.93. The molecule has 0 aromatic heterocycles. The summed E-state index contributed by atoms with van der Waals surface area (Å²) in [5, 5.41) is 3.60. The molecule has 0 fully saturated rings. The highest BCUT2D eigenvalue weighted by Crippen LogP contribution is 2.16. The smallest absolute Gasteiger partial charge is 0.244 e. The second-order valence-electron chi connectivity index (χ2n) is 4.89. The van der Waals surface area contributed by atoms with Crippen LogP contribution >= 0.6 is 11.6 Å². The van der Waals surface area contributed by atoms with Crippen LogP contribution in [0, 0.1) is 0 Å². The van der Waals surface area contributed by atoms with Crippen LogP contribution in [-0.4, -0.2) is 13.0 Å². The van der Waals surface area contributed by atoms with E-state index in [-0.39, 0.29) is 11.9 Å². The average Bonchev–Trinajstić information content (AvgIpc) is 2.54. The van der Waals surface area contributed by atoms with Gasteiger partial charge in [-0.1, -0.05) is 35.9 Å². The lowest BCUT2D eigenvalue weighted by molar-refractivity contribution is -0.117. The second-order valence-corrected chi connectivity index (χ2v) is 5.32. The van der Waals surface area contributed by atoms with Crippen LogP contribution in [0.1, 0.15) is 24.1 Å². The van der Waals surface area contributed by atoms with E-state index in [1.165, 1.54) is 6.08 Å². The highest BCUT2D eigenvalue weighted by molar-refractivity contribution is 6.30. The van der Waals surface area contributed by atoms with Crippen molar-refractivity contribution >= 4 is 23.6 Å². The molecule has 114 valence electrons. The van der Waals surface area contributed by atoms with Crippen molar-refractivity contribution in [2.24, 2.45) is 0 Å². The molecule has 0 bridgehead atoms. The van der Waals surface area contributed by atoms with Gasteiger partial charge in [0.15, 0.2) is 0 Å². The fraction of sp³-hybridized carbons (Fsp3) is 0.167. The first-order valence-corrected chi connectivity index (χ1v) is 7.34. The molecule has 0 heterocycles. The number of amides is 1. The van der Waals surface area contributed by atoms with E-state index in [1.807, 2.05) is 55.5 Å². The van der Waals surface area contributed by atoms with Crippen molar-refractivity contribution in [3.8, 4) is 5.75 Å².